The summed E-state index contributed by atoms with van der Waals surface area (Å²) in [6.45, 7) is 0. The Bertz CT molecular complexity index is 1270. The minimum atomic E-state index is -0.480. The number of benzene rings is 2. The Morgan fingerprint density at radius 3 is 2.66 bits per heavy atom. The van der Waals surface area contributed by atoms with Crippen LogP contribution in [0.4, 0.5) is 17.3 Å². The fourth-order valence-corrected chi connectivity index (χ4v) is 2.96. The fraction of sp³-hybridized carbons (Fsp3) is 0.0500. The molecule has 2 aromatic carbocycles. The van der Waals surface area contributed by atoms with Gasteiger partial charge in [-0.15, -0.1) is 0 Å². The predicted octanol–water partition coefficient (Wildman–Crippen LogP) is 3.65. The lowest BCUT2D eigenvalue weighted by Gasteiger charge is -2.09. The van der Waals surface area contributed by atoms with Gasteiger partial charge in [-0.3, -0.25) is 19.9 Å². The number of ether oxygens (including phenoxy) is 1. The molecule has 2 heterocycles. The second kappa shape index (κ2) is 7.39. The first kappa shape index (κ1) is 18.1. The number of methoxy groups -OCH3 is 1. The van der Waals surface area contributed by atoms with Crippen LogP contribution in [0.5, 0.6) is 5.75 Å². The van der Waals surface area contributed by atoms with Crippen LogP contribution in [0.25, 0.3) is 22.2 Å². The van der Waals surface area contributed by atoms with Gasteiger partial charge < -0.3 is 10.1 Å². The Morgan fingerprint density at radius 2 is 1.93 bits per heavy atom. The van der Waals surface area contributed by atoms with Gasteiger partial charge in [-0.2, -0.15) is 4.98 Å². The molecule has 0 aliphatic carbocycles. The van der Waals surface area contributed by atoms with Crippen molar-refractivity contribution in [1.29, 1.82) is 0 Å². The van der Waals surface area contributed by atoms with Crippen LogP contribution in [-0.4, -0.2) is 27.0 Å². The van der Waals surface area contributed by atoms with E-state index in [1.807, 2.05) is 0 Å². The van der Waals surface area contributed by atoms with Crippen LogP contribution in [0.3, 0.4) is 0 Å². The van der Waals surface area contributed by atoms with Crippen LogP contribution < -0.4 is 15.6 Å². The van der Waals surface area contributed by atoms with E-state index in [4.69, 9.17) is 4.74 Å². The number of nitro groups is 1. The van der Waals surface area contributed by atoms with Crippen LogP contribution in [0.1, 0.15) is 0 Å². The van der Waals surface area contributed by atoms with Gasteiger partial charge in [0.25, 0.3) is 11.2 Å². The summed E-state index contributed by atoms with van der Waals surface area (Å²) in [5.41, 5.74) is 1.53. The molecule has 0 aliphatic rings. The van der Waals surface area contributed by atoms with E-state index >= 15 is 0 Å². The first-order valence-corrected chi connectivity index (χ1v) is 8.60. The van der Waals surface area contributed by atoms with E-state index in [0.717, 1.165) is 0 Å². The van der Waals surface area contributed by atoms with Crippen molar-refractivity contribution >= 4 is 28.4 Å². The fourth-order valence-electron chi connectivity index (χ4n) is 2.96. The second-order valence-corrected chi connectivity index (χ2v) is 6.13. The molecule has 9 heteroatoms. The van der Waals surface area contributed by atoms with Crippen molar-refractivity contribution in [3.63, 3.8) is 0 Å². The molecular weight excluding hydrogens is 374 g/mol. The van der Waals surface area contributed by atoms with Gasteiger partial charge in [-0.05, 0) is 35.9 Å². The number of pyridine rings is 1. The number of aromatic amines is 1. The molecule has 29 heavy (non-hydrogen) atoms. The van der Waals surface area contributed by atoms with Gasteiger partial charge in [0.1, 0.15) is 5.75 Å². The van der Waals surface area contributed by atoms with Gasteiger partial charge in [0.2, 0.25) is 5.95 Å². The summed E-state index contributed by atoms with van der Waals surface area (Å²) in [6, 6.07) is 14.8. The van der Waals surface area contributed by atoms with Gasteiger partial charge in [-0.25, -0.2) is 4.98 Å². The van der Waals surface area contributed by atoms with E-state index in [9.17, 15) is 14.9 Å². The number of nitrogens with zero attached hydrogens (tertiary/aromatic N) is 3. The Morgan fingerprint density at radius 1 is 1.14 bits per heavy atom. The smallest absolute Gasteiger partial charge is 0.270 e. The summed E-state index contributed by atoms with van der Waals surface area (Å²) in [5, 5.41) is 14.3. The highest BCUT2D eigenvalue weighted by molar-refractivity contribution is 5.92. The third kappa shape index (κ3) is 3.61. The lowest BCUT2D eigenvalue weighted by Crippen LogP contribution is -2.13. The number of H-pyrrole nitrogens is 1. The van der Waals surface area contributed by atoms with Crippen LogP contribution >= 0.6 is 0 Å². The predicted molar refractivity (Wildman–Crippen MR) is 109 cm³/mol. The average Bonchev–Trinajstić information content (AvgIpc) is 2.74. The Hall–Kier alpha value is -4.27. The van der Waals surface area contributed by atoms with Crippen molar-refractivity contribution in [2.24, 2.45) is 0 Å². The normalized spacial score (nSPS) is 10.7. The third-order valence-electron chi connectivity index (χ3n) is 4.33. The molecular formula is C20H15N5O4. The monoisotopic (exact) mass is 389 g/mol. The summed E-state index contributed by atoms with van der Waals surface area (Å²) < 4.78 is 5.12. The zero-order valence-electron chi connectivity index (χ0n) is 15.2. The highest BCUT2D eigenvalue weighted by Crippen LogP contribution is 2.28. The van der Waals surface area contributed by atoms with E-state index in [1.165, 1.54) is 18.3 Å². The van der Waals surface area contributed by atoms with E-state index in [-0.39, 0.29) is 22.7 Å². The minimum absolute atomic E-state index is 0.0605. The topological polar surface area (TPSA) is 123 Å². The largest absolute Gasteiger partial charge is 0.497 e. The van der Waals surface area contributed by atoms with Gasteiger partial charge in [0.15, 0.2) is 5.65 Å². The van der Waals surface area contributed by atoms with Crippen molar-refractivity contribution in [1.82, 2.24) is 15.0 Å². The third-order valence-corrected chi connectivity index (χ3v) is 4.33. The lowest BCUT2D eigenvalue weighted by molar-refractivity contribution is -0.384. The zero-order chi connectivity index (χ0) is 20.4. The summed E-state index contributed by atoms with van der Waals surface area (Å²) in [7, 11) is 1.58. The van der Waals surface area contributed by atoms with Gasteiger partial charge in [-0.1, -0.05) is 12.1 Å². The molecule has 0 radical (unpaired) electrons. The Kier molecular flexibility index (Phi) is 4.62. The van der Waals surface area contributed by atoms with Crippen molar-refractivity contribution in [2.75, 3.05) is 12.4 Å². The van der Waals surface area contributed by atoms with Gasteiger partial charge in [0, 0.05) is 29.6 Å². The summed E-state index contributed by atoms with van der Waals surface area (Å²) in [6.07, 6.45) is 1.51. The average molecular weight is 389 g/mol. The van der Waals surface area contributed by atoms with Crippen LogP contribution in [0.15, 0.2) is 65.6 Å². The molecule has 0 unspecified atom stereocenters. The molecule has 0 fully saturated rings. The number of hydrogen-bond acceptors (Lipinski definition) is 7. The van der Waals surface area contributed by atoms with E-state index in [2.05, 4.69) is 20.3 Å². The van der Waals surface area contributed by atoms with Crippen molar-refractivity contribution in [3.05, 3.63) is 81.3 Å². The highest BCUT2D eigenvalue weighted by Gasteiger charge is 2.14. The number of hydrogen-bond donors (Lipinski definition) is 2. The maximum absolute atomic E-state index is 12.8. The molecule has 0 saturated carbocycles. The lowest BCUT2D eigenvalue weighted by atomic mass is 10.0. The molecule has 2 N–H and O–H groups in total. The van der Waals surface area contributed by atoms with E-state index in [0.29, 0.717) is 22.6 Å². The number of non-ortho nitro benzene ring substituents is 1. The van der Waals surface area contributed by atoms with Crippen LogP contribution in [0.2, 0.25) is 0 Å². The first-order chi connectivity index (χ1) is 14.0. The number of aromatic nitrogens is 3. The summed E-state index contributed by atoms with van der Waals surface area (Å²) in [5.74, 6) is 0.940. The molecule has 9 nitrogen and oxygen atoms in total. The molecule has 0 spiro atoms. The maximum Gasteiger partial charge on any atom is 0.270 e. The van der Waals surface area contributed by atoms with Gasteiger partial charge in [0.05, 0.1) is 17.4 Å². The molecule has 0 bridgehead atoms. The molecule has 0 atom stereocenters. The molecule has 0 saturated heterocycles. The van der Waals surface area contributed by atoms with Crippen LogP contribution in [-0.2, 0) is 0 Å². The summed E-state index contributed by atoms with van der Waals surface area (Å²) in [4.78, 5) is 34.6. The van der Waals surface area contributed by atoms with Crippen molar-refractivity contribution in [3.8, 4) is 16.9 Å². The standard InChI is InChI=1S/C20H15N5O4/c1-29-15-7-5-13(6-8-15)22-20-23-18-17(19(26)24-20)16(9-10-21-18)12-3-2-4-14(11-12)25(27)28/h2-11H,1H3,(H2,21,22,23,24,26). The minimum Gasteiger partial charge on any atom is -0.497 e. The molecule has 0 amide bonds. The van der Waals surface area contributed by atoms with Crippen molar-refractivity contribution < 1.29 is 9.66 Å². The Labute approximate surface area is 164 Å². The zero-order valence-corrected chi connectivity index (χ0v) is 15.2. The number of fused-ring (bicyclic) bond motifs is 1. The molecule has 144 valence electrons. The van der Waals surface area contributed by atoms with Gasteiger partial charge >= 0.3 is 0 Å². The molecule has 2 aromatic heterocycles. The number of rotatable bonds is 5. The number of nitrogens with one attached hydrogen (secondary N) is 2. The second-order valence-electron chi connectivity index (χ2n) is 6.13. The van der Waals surface area contributed by atoms with E-state index in [1.54, 1.807) is 49.6 Å². The quantitative estimate of drug-likeness (QED) is 0.394. The first-order valence-electron chi connectivity index (χ1n) is 8.60. The van der Waals surface area contributed by atoms with E-state index < -0.39 is 10.5 Å². The molecule has 4 rings (SSSR count). The molecule has 0 aliphatic heterocycles. The molecule has 4 aromatic rings. The number of anilines is 2. The summed E-state index contributed by atoms with van der Waals surface area (Å²) >= 11 is 0. The Balaban J connectivity index is 1.77. The van der Waals surface area contributed by atoms with Crippen LogP contribution in [0, 0.1) is 10.1 Å². The number of nitro benzene ring substituents is 1. The SMILES string of the molecule is COc1ccc(Nc2nc3nccc(-c4cccc([N+](=O)[O-])c4)c3c(=O)[nH]2)cc1. The van der Waals surface area contributed by atoms with Crippen molar-refractivity contribution in [2.45, 2.75) is 0 Å². The maximum atomic E-state index is 12.8. The highest BCUT2D eigenvalue weighted by atomic mass is 16.6.